The lowest BCUT2D eigenvalue weighted by Gasteiger charge is -2.21. The van der Waals surface area contributed by atoms with E-state index >= 15 is 0 Å². The minimum absolute atomic E-state index is 0.0776. The Kier molecular flexibility index (Phi) is 15.3. The number of ether oxygens (including phenoxy) is 5. The predicted molar refractivity (Wildman–Crippen MR) is 245 cm³/mol. The molecule has 1 aliphatic heterocycles. The van der Waals surface area contributed by atoms with Crippen molar-refractivity contribution in [2.45, 2.75) is 69.1 Å². The first-order chi connectivity index (χ1) is 30.0. The number of anilines is 2. The molecule has 2 atom stereocenters. The van der Waals surface area contributed by atoms with Crippen molar-refractivity contribution in [1.82, 2.24) is 10.3 Å². The van der Waals surface area contributed by atoms with E-state index in [1.54, 1.807) is 84.3 Å². The van der Waals surface area contributed by atoms with Gasteiger partial charge in [0.2, 0.25) is 5.91 Å². The SMILES string of the molecule is COC(=O)c1c(C)[nH]c2c(OC(=O)N(C)c3ccccc3SSC(C)CC(=O)NCCOCCC(=O)OC(C)(C)C)cc3c(c12)[C@H](CCl)CN3C(=O)c1cc2cc(OC)ccc2o1. The second-order valence-electron chi connectivity index (χ2n) is 15.8. The smallest absolute Gasteiger partial charge is 0.419 e. The molecule has 6 rings (SSSR count). The number of rotatable bonds is 17. The van der Waals surface area contributed by atoms with E-state index in [9.17, 15) is 24.0 Å². The summed E-state index contributed by atoms with van der Waals surface area (Å²) in [5.41, 5.74) is 2.61. The number of nitrogens with one attached hydrogen (secondary N) is 2. The van der Waals surface area contributed by atoms with Crippen LogP contribution in [0.1, 0.15) is 78.6 Å². The summed E-state index contributed by atoms with van der Waals surface area (Å²) in [6, 6.07) is 15.8. The van der Waals surface area contributed by atoms with Crippen molar-refractivity contribution in [3.63, 3.8) is 0 Å². The molecule has 18 heteroatoms. The van der Waals surface area contributed by atoms with Crippen LogP contribution in [0.5, 0.6) is 11.5 Å². The molecule has 2 N–H and O–H groups in total. The number of alkyl halides is 1. The van der Waals surface area contributed by atoms with Crippen LogP contribution >= 0.6 is 33.2 Å². The number of methoxy groups -OCH3 is 2. The molecule has 336 valence electrons. The third-order valence-electron chi connectivity index (χ3n) is 10.0. The molecule has 0 spiro atoms. The summed E-state index contributed by atoms with van der Waals surface area (Å²) in [4.78, 5) is 73.1. The first-order valence-electron chi connectivity index (χ1n) is 20.2. The number of esters is 2. The monoisotopic (exact) mass is 922 g/mol. The zero-order valence-electron chi connectivity index (χ0n) is 36.4. The van der Waals surface area contributed by atoms with Crippen LogP contribution in [-0.2, 0) is 23.8 Å². The van der Waals surface area contributed by atoms with E-state index in [1.807, 2.05) is 19.1 Å². The van der Waals surface area contributed by atoms with Crippen LogP contribution in [0.25, 0.3) is 21.9 Å². The van der Waals surface area contributed by atoms with Crippen molar-refractivity contribution >= 4 is 96.3 Å². The molecule has 0 saturated carbocycles. The Bertz CT molecular complexity index is 2520. The first-order valence-corrected chi connectivity index (χ1v) is 22.9. The lowest BCUT2D eigenvalue weighted by Crippen LogP contribution is -2.30. The summed E-state index contributed by atoms with van der Waals surface area (Å²) < 4.78 is 33.4. The van der Waals surface area contributed by atoms with Crippen molar-refractivity contribution in [3.05, 3.63) is 77.2 Å². The fraction of sp³-hybridized carbons (Fsp3) is 0.400. The van der Waals surface area contributed by atoms with Crippen molar-refractivity contribution in [1.29, 1.82) is 0 Å². The molecule has 3 amide bonds. The number of hydrogen-bond acceptors (Lipinski definition) is 13. The first kappa shape index (κ1) is 47.1. The van der Waals surface area contributed by atoms with Crippen LogP contribution in [0.15, 0.2) is 63.9 Å². The largest absolute Gasteiger partial charge is 0.497 e. The van der Waals surface area contributed by atoms with Gasteiger partial charge in [-0.3, -0.25) is 19.3 Å². The molecule has 63 heavy (non-hydrogen) atoms. The summed E-state index contributed by atoms with van der Waals surface area (Å²) >= 11 is 6.56. The third-order valence-corrected chi connectivity index (χ3v) is 13.3. The van der Waals surface area contributed by atoms with E-state index in [0.717, 1.165) is 4.90 Å². The molecule has 0 aliphatic carbocycles. The third kappa shape index (κ3) is 11.1. The van der Waals surface area contributed by atoms with E-state index in [1.165, 1.54) is 38.5 Å². The highest BCUT2D eigenvalue weighted by molar-refractivity contribution is 8.77. The summed E-state index contributed by atoms with van der Waals surface area (Å²) in [6.07, 6.45) is -0.369. The highest BCUT2D eigenvalue weighted by atomic mass is 35.5. The molecule has 0 fully saturated rings. The Labute approximate surface area is 378 Å². The number of hydrogen-bond donors (Lipinski definition) is 2. The highest BCUT2D eigenvalue weighted by Crippen LogP contribution is 2.48. The van der Waals surface area contributed by atoms with Gasteiger partial charge in [0.05, 0.1) is 56.3 Å². The summed E-state index contributed by atoms with van der Waals surface area (Å²) in [7, 11) is 7.31. The Morgan fingerprint density at radius 1 is 1.06 bits per heavy atom. The van der Waals surface area contributed by atoms with E-state index in [2.05, 4.69) is 10.3 Å². The Morgan fingerprint density at radius 3 is 2.54 bits per heavy atom. The molecule has 3 aromatic carbocycles. The number of carbonyl (C=O) groups excluding carboxylic acids is 5. The molecule has 0 bridgehead atoms. The van der Waals surface area contributed by atoms with E-state index in [-0.39, 0.29) is 72.7 Å². The summed E-state index contributed by atoms with van der Waals surface area (Å²) in [5.74, 6) is -1.05. The minimum Gasteiger partial charge on any atom is -0.497 e. The zero-order chi connectivity index (χ0) is 45.6. The number of aromatic nitrogens is 1. The number of amides is 3. The van der Waals surface area contributed by atoms with Gasteiger partial charge >= 0.3 is 18.0 Å². The van der Waals surface area contributed by atoms with Gasteiger partial charge in [0, 0.05) is 71.0 Å². The maximum Gasteiger partial charge on any atom is 0.419 e. The van der Waals surface area contributed by atoms with Crippen LogP contribution in [-0.4, -0.2) is 99.1 Å². The van der Waals surface area contributed by atoms with Gasteiger partial charge in [0.25, 0.3) is 5.91 Å². The predicted octanol–water partition coefficient (Wildman–Crippen LogP) is 9.02. The molecule has 5 aromatic rings. The van der Waals surface area contributed by atoms with Crippen molar-refractivity contribution in [2.75, 3.05) is 63.3 Å². The van der Waals surface area contributed by atoms with Gasteiger partial charge in [-0.15, -0.1) is 11.6 Å². The molecule has 2 aromatic heterocycles. The number of benzene rings is 3. The molecular weight excluding hydrogens is 872 g/mol. The number of halogens is 1. The van der Waals surface area contributed by atoms with Crippen LogP contribution in [0, 0.1) is 6.92 Å². The Balaban J connectivity index is 1.17. The fourth-order valence-corrected chi connectivity index (χ4v) is 9.74. The van der Waals surface area contributed by atoms with Crippen LogP contribution < -0.4 is 24.6 Å². The standard InChI is InChI=1S/C45H51ClN4O11S2/c1-25(19-36(51)47-16-18-58-17-15-37(52)61-45(3,4)5)62-63-35-12-10-9-11-30(35)49(6)44(55)60-33-22-31-39(40-38(43(54)57-8)26(2)48-41(33)40)28(23-46)24-50(31)42(53)34-21-27-20-29(56-7)13-14-32(27)59-34/h9-14,20-22,25,28,48H,15-19,23-24H2,1-8H3,(H,47,51)/t25?,28-/m1/s1. The van der Waals surface area contributed by atoms with Gasteiger partial charge in [-0.1, -0.05) is 40.6 Å². The van der Waals surface area contributed by atoms with Gasteiger partial charge in [0.1, 0.15) is 16.9 Å². The van der Waals surface area contributed by atoms with Crippen LogP contribution in [0.2, 0.25) is 0 Å². The number of aryl methyl sites for hydroxylation is 1. The number of nitrogens with zero attached hydrogens (tertiary/aromatic N) is 2. The number of para-hydroxylation sites is 1. The van der Waals surface area contributed by atoms with Crippen LogP contribution in [0.4, 0.5) is 16.2 Å². The minimum atomic E-state index is -0.738. The molecule has 15 nitrogen and oxygen atoms in total. The van der Waals surface area contributed by atoms with E-state index in [4.69, 9.17) is 39.7 Å². The fourth-order valence-electron chi connectivity index (χ4n) is 7.15. The molecule has 1 unspecified atom stereocenters. The zero-order valence-corrected chi connectivity index (χ0v) is 38.8. The van der Waals surface area contributed by atoms with E-state index < -0.39 is 29.5 Å². The second kappa shape index (κ2) is 20.4. The average Bonchev–Trinajstić information content (AvgIpc) is 3.95. The number of aromatic amines is 1. The number of furan rings is 1. The Morgan fingerprint density at radius 2 is 1.83 bits per heavy atom. The van der Waals surface area contributed by atoms with Gasteiger partial charge in [0.15, 0.2) is 11.5 Å². The molecule has 1 aliphatic rings. The number of fused-ring (bicyclic) bond motifs is 4. The normalized spacial score (nSPS) is 14.0. The average molecular weight is 924 g/mol. The van der Waals surface area contributed by atoms with Gasteiger partial charge < -0.3 is 43.3 Å². The van der Waals surface area contributed by atoms with Crippen molar-refractivity contribution < 1.29 is 52.1 Å². The van der Waals surface area contributed by atoms with Gasteiger partial charge in [-0.25, -0.2) is 9.59 Å². The molecular formula is C45H51ClN4O11S2. The maximum absolute atomic E-state index is 14.3. The van der Waals surface area contributed by atoms with Crippen LogP contribution in [0.3, 0.4) is 0 Å². The highest BCUT2D eigenvalue weighted by Gasteiger charge is 2.39. The molecule has 0 saturated heterocycles. The quantitative estimate of drug-likeness (QED) is 0.0391. The summed E-state index contributed by atoms with van der Waals surface area (Å²) in [6.45, 7) is 9.99. The molecule has 0 radical (unpaired) electrons. The number of H-pyrrole nitrogens is 1. The Hall–Kier alpha value is -5.36. The lowest BCUT2D eigenvalue weighted by atomic mass is 9.95. The number of carbonyl (C=O) groups is 5. The lowest BCUT2D eigenvalue weighted by molar-refractivity contribution is -0.156. The molecule has 3 heterocycles. The maximum atomic E-state index is 14.3. The topological polar surface area (TPSA) is 179 Å². The van der Waals surface area contributed by atoms with Gasteiger partial charge in [-0.05, 0) is 69.7 Å². The van der Waals surface area contributed by atoms with Crippen molar-refractivity contribution in [2.24, 2.45) is 0 Å². The van der Waals surface area contributed by atoms with Gasteiger partial charge in [-0.2, -0.15) is 0 Å². The van der Waals surface area contributed by atoms with E-state index in [0.29, 0.717) is 56.8 Å². The van der Waals surface area contributed by atoms with Crippen molar-refractivity contribution in [3.8, 4) is 11.5 Å². The second-order valence-corrected chi connectivity index (χ2v) is 18.8. The summed E-state index contributed by atoms with van der Waals surface area (Å²) in [5, 5.41) is 3.86.